The summed E-state index contributed by atoms with van der Waals surface area (Å²) in [7, 11) is 0. The third-order valence-corrected chi connectivity index (χ3v) is 5.35. The molecule has 0 saturated carbocycles. The summed E-state index contributed by atoms with van der Waals surface area (Å²) in [5.41, 5.74) is 1.99. The van der Waals surface area contributed by atoms with Crippen molar-refractivity contribution in [1.82, 2.24) is 20.0 Å². The first-order valence-electron chi connectivity index (χ1n) is 7.75. The third kappa shape index (κ3) is 2.69. The Kier molecular flexibility index (Phi) is 3.97. The highest BCUT2D eigenvalue weighted by molar-refractivity contribution is 6.31. The number of aromatic nitrogens is 2. The van der Waals surface area contributed by atoms with Gasteiger partial charge in [-0.15, -0.1) is 0 Å². The molecule has 2 aliphatic heterocycles. The van der Waals surface area contributed by atoms with Crippen LogP contribution in [0, 0.1) is 12.3 Å². The fourth-order valence-electron chi connectivity index (χ4n) is 3.62. The van der Waals surface area contributed by atoms with E-state index < -0.39 is 0 Å². The summed E-state index contributed by atoms with van der Waals surface area (Å²) in [6, 6.07) is 0. The molecule has 2 aliphatic rings. The molecule has 21 heavy (non-hydrogen) atoms. The molecule has 0 aromatic carbocycles. The van der Waals surface area contributed by atoms with Crippen LogP contribution in [0.15, 0.2) is 0 Å². The van der Waals surface area contributed by atoms with Gasteiger partial charge in [0, 0.05) is 19.5 Å². The second kappa shape index (κ2) is 5.61. The first-order chi connectivity index (χ1) is 10.0. The average Bonchev–Trinajstić information content (AvgIpc) is 2.91. The molecule has 0 unspecified atom stereocenters. The smallest absolute Gasteiger partial charge is 0.223 e. The minimum Gasteiger partial charge on any atom is -0.336 e. The zero-order valence-electron chi connectivity index (χ0n) is 12.8. The lowest BCUT2D eigenvalue weighted by Gasteiger charge is -2.33. The maximum Gasteiger partial charge on any atom is 0.223 e. The number of nitrogens with zero attached hydrogens (tertiary/aromatic N) is 3. The van der Waals surface area contributed by atoms with Crippen molar-refractivity contribution in [3.05, 3.63) is 16.4 Å². The molecule has 0 aliphatic carbocycles. The standard InChI is InChI=1S/C15H23ClN4O/c1-3-20-12(14(16)11(2)18-20)9-19-10-15(8-13(19)21)4-6-17-7-5-15/h17H,3-10H2,1-2H3. The van der Waals surface area contributed by atoms with Gasteiger partial charge in [0.05, 0.1) is 23.0 Å². The van der Waals surface area contributed by atoms with Crippen LogP contribution in [-0.2, 0) is 17.9 Å². The van der Waals surface area contributed by atoms with Crippen LogP contribution in [0.25, 0.3) is 0 Å². The molecule has 2 saturated heterocycles. The summed E-state index contributed by atoms with van der Waals surface area (Å²) >= 11 is 6.36. The number of carbonyl (C=O) groups is 1. The van der Waals surface area contributed by atoms with Crippen molar-refractivity contribution < 1.29 is 4.79 Å². The van der Waals surface area contributed by atoms with Gasteiger partial charge in [0.15, 0.2) is 0 Å². The summed E-state index contributed by atoms with van der Waals surface area (Å²) in [6.45, 7) is 8.23. The molecule has 1 amide bonds. The number of piperidine rings is 1. The van der Waals surface area contributed by atoms with Crippen molar-refractivity contribution in [2.24, 2.45) is 5.41 Å². The van der Waals surface area contributed by atoms with Gasteiger partial charge in [-0.05, 0) is 45.2 Å². The van der Waals surface area contributed by atoms with Crippen LogP contribution >= 0.6 is 11.6 Å². The zero-order valence-corrected chi connectivity index (χ0v) is 13.5. The van der Waals surface area contributed by atoms with E-state index in [-0.39, 0.29) is 11.3 Å². The molecule has 0 bridgehead atoms. The first kappa shape index (κ1) is 14.9. The number of halogens is 1. The Morgan fingerprint density at radius 3 is 2.76 bits per heavy atom. The zero-order chi connectivity index (χ0) is 15.0. The van der Waals surface area contributed by atoms with E-state index in [9.17, 15) is 4.79 Å². The van der Waals surface area contributed by atoms with E-state index in [2.05, 4.69) is 10.4 Å². The van der Waals surface area contributed by atoms with Gasteiger partial charge in [-0.1, -0.05) is 11.6 Å². The van der Waals surface area contributed by atoms with Gasteiger partial charge in [0.25, 0.3) is 0 Å². The number of nitrogens with one attached hydrogen (secondary N) is 1. The molecule has 3 heterocycles. The van der Waals surface area contributed by atoms with Gasteiger partial charge in [0.1, 0.15) is 0 Å². The number of carbonyl (C=O) groups excluding carboxylic acids is 1. The molecule has 3 rings (SSSR count). The maximum absolute atomic E-state index is 12.4. The van der Waals surface area contributed by atoms with E-state index in [1.54, 1.807) is 0 Å². The number of amides is 1. The molecule has 0 atom stereocenters. The Hall–Kier alpha value is -1.07. The van der Waals surface area contributed by atoms with Crippen LogP contribution in [-0.4, -0.2) is 40.2 Å². The molecular weight excluding hydrogens is 288 g/mol. The van der Waals surface area contributed by atoms with E-state index in [0.717, 1.165) is 50.4 Å². The molecule has 6 heteroatoms. The van der Waals surface area contributed by atoms with Gasteiger partial charge in [-0.2, -0.15) is 5.10 Å². The molecule has 1 N–H and O–H groups in total. The largest absolute Gasteiger partial charge is 0.336 e. The molecular formula is C15H23ClN4O. The van der Waals surface area contributed by atoms with E-state index in [1.165, 1.54) is 0 Å². The van der Waals surface area contributed by atoms with Crippen molar-refractivity contribution in [2.75, 3.05) is 19.6 Å². The lowest BCUT2D eigenvalue weighted by Crippen LogP contribution is -2.38. The van der Waals surface area contributed by atoms with Crippen LogP contribution < -0.4 is 5.32 Å². The summed E-state index contributed by atoms with van der Waals surface area (Å²) in [6.07, 6.45) is 2.87. The number of rotatable bonds is 3. The second-order valence-corrected chi connectivity index (χ2v) is 6.72. The van der Waals surface area contributed by atoms with E-state index in [4.69, 9.17) is 11.6 Å². The molecule has 0 radical (unpaired) electrons. The van der Waals surface area contributed by atoms with Crippen molar-refractivity contribution >= 4 is 17.5 Å². The summed E-state index contributed by atoms with van der Waals surface area (Å²) < 4.78 is 1.92. The number of likely N-dealkylation sites (tertiary alicyclic amines) is 1. The van der Waals surface area contributed by atoms with E-state index in [0.29, 0.717) is 18.0 Å². The molecule has 5 nitrogen and oxygen atoms in total. The lowest BCUT2D eigenvalue weighted by molar-refractivity contribution is -0.128. The Morgan fingerprint density at radius 1 is 1.38 bits per heavy atom. The number of hydrogen-bond acceptors (Lipinski definition) is 3. The fourth-order valence-corrected chi connectivity index (χ4v) is 3.81. The molecule has 1 aromatic rings. The topological polar surface area (TPSA) is 50.2 Å². The fraction of sp³-hybridized carbons (Fsp3) is 0.733. The molecule has 1 spiro atoms. The Bertz CT molecular complexity index is 548. The average molecular weight is 311 g/mol. The maximum atomic E-state index is 12.4. The van der Waals surface area contributed by atoms with Crippen molar-refractivity contribution in [1.29, 1.82) is 0 Å². The highest BCUT2D eigenvalue weighted by Gasteiger charge is 2.43. The van der Waals surface area contributed by atoms with Gasteiger partial charge in [-0.3, -0.25) is 9.48 Å². The quantitative estimate of drug-likeness (QED) is 0.928. The minimum absolute atomic E-state index is 0.181. The van der Waals surface area contributed by atoms with Gasteiger partial charge in [0.2, 0.25) is 5.91 Å². The number of hydrogen-bond donors (Lipinski definition) is 1. The normalized spacial score (nSPS) is 21.5. The van der Waals surface area contributed by atoms with Crippen LogP contribution in [0.5, 0.6) is 0 Å². The predicted molar refractivity (Wildman–Crippen MR) is 82.2 cm³/mol. The van der Waals surface area contributed by atoms with E-state index in [1.807, 2.05) is 23.4 Å². The first-order valence-corrected chi connectivity index (χ1v) is 8.13. The van der Waals surface area contributed by atoms with Crippen molar-refractivity contribution in [3.63, 3.8) is 0 Å². The molecule has 1 aromatic heterocycles. The highest BCUT2D eigenvalue weighted by Crippen LogP contribution is 2.40. The van der Waals surface area contributed by atoms with Crippen molar-refractivity contribution in [3.8, 4) is 0 Å². The predicted octanol–water partition coefficient (Wildman–Crippen LogP) is 1.97. The summed E-state index contributed by atoms with van der Waals surface area (Å²) in [5.74, 6) is 0.259. The second-order valence-electron chi connectivity index (χ2n) is 6.34. The van der Waals surface area contributed by atoms with Crippen LogP contribution in [0.4, 0.5) is 0 Å². The Labute approximate surface area is 130 Å². The number of aryl methyl sites for hydroxylation is 2. The Balaban J connectivity index is 1.78. The SMILES string of the molecule is CCn1nc(C)c(Cl)c1CN1CC2(CCNCC2)CC1=O. The molecule has 2 fully saturated rings. The molecule has 116 valence electrons. The lowest BCUT2D eigenvalue weighted by atomic mass is 9.78. The monoisotopic (exact) mass is 310 g/mol. The summed E-state index contributed by atoms with van der Waals surface area (Å²) in [5, 5.41) is 8.52. The highest BCUT2D eigenvalue weighted by atomic mass is 35.5. The van der Waals surface area contributed by atoms with Gasteiger partial charge in [-0.25, -0.2) is 0 Å². The minimum atomic E-state index is 0.181. The van der Waals surface area contributed by atoms with E-state index >= 15 is 0 Å². The van der Waals surface area contributed by atoms with Crippen molar-refractivity contribution in [2.45, 2.75) is 46.2 Å². The summed E-state index contributed by atoms with van der Waals surface area (Å²) in [4.78, 5) is 14.4. The van der Waals surface area contributed by atoms with Crippen LogP contribution in [0.2, 0.25) is 5.02 Å². The Morgan fingerprint density at radius 2 is 2.10 bits per heavy atom. The van der Waals surface area contributed by atoms with Crippen LogP contribution in [0.3, 0.4) is 0 Å². The van der Waals surface area contributed by atoms with Gasteiger partial charge >= 0.3 is 0 Å². The van der Waals surface area contributed by atoms with Gasteiger partial charge < -0.3 is 10.2 Å². The van der Waals surface area contributed by atoms with Crippen LogP contribution in [0.1, 0.15) is 37.6 Å². The third-order valence-electron chi connectivity index (χ3n) is 4.86.